The van der Waals surface area contributed by atoms with Crippen molar-refractivity contribution < 1.29 is 9.53 Å². The van der Waals surface area contributed by atoms with Gasteiger partial charge in [0, 0.05) is 39.8 Å². The van der Waals surface area contributed by atoms with Crippen molar-refractivity contribution >= 4 is 36.0 Å². The Morgan fingerprint density at radius 3 is 2.50 bits per heavy atom. The van der Waals surface area contributed by atoms with Gasteiger partial charge in [0.15, 0.2) is 11.8 Å². The highest BCUT2D eigenvalue weighted by atomic mass is 127. The molecule has 0 atom stereocenters. The van der Waals surface area contributed by atoms with Crippen LogP contribution >= 0.6 is 24.0 Å². The summed E-state index contributed by atoms with van der Waals surface area (Å²) >= 11 is 0. The summed E-state index contributed by atoms with van der Waals surface area (Å²) in [5.74, 6) is 1.64. The van der Waals surface area contributed by atoms with Crippen molar-refractivity contribution in [2.45, 2.75) is 20.4 Å². The van der Waals surface area contributed by atoms with E-state index < -0.39 is 0 Å². The Hall–Kier alpha value is -1.59. The van der Waals surface area contributed by atoms with Crippen molar-refractivity contribution in [1.29, 1.82) is 0 Å². The number of guanidine groups is 1. The lowest BCUT2D eigenvalue weighted by Crippen LogP contribution is -2.53. The monoisotopic (exact) mass is 451 g/mol. The summed E-state index contributed by atoms with van der Waals surface area (Å²) in [6.45, 7) is 8.23. The number of nitrogens with zero attached hydrogens (tertiary/aromatic N) is 6. The summed E-state index contributed by atoms with van der Waals surface area (Å²) in [5, 5.41) is 11.2. The van der Waals surface area contributed by atoms with Gasteiger partial charge in [0.2, 0.25) is 0 Å². The highest BCUT2D eigenvalue weighted by molar-refractivity contribution is 14.0. The minimum atomic E-state index is -0.242. The molecule has 1 amide bonds. The van der Waals surface area contributed by atoms with Gasteiger partial charge in [-0.25, -0.2) is 9.79 Å². The van der Waals surface area contributed by atoms with Crippen LogP contribution in [0.3, 0.4) is 0 Å². The molecule has 0 radical (unpaired) electrons. The van der Waals surface area contributed by atoms with E-state index in [4.69, 9.17) is 4.74 Å². The van der Waals surface area contributed by atoms with E-state index in [-0.39, 0.29) is 30.1 Å². The molecule has 1 aromatic heterocycles. The average Bonchev–Trinajstić information content (AvgIpc) is 2.97. The molecule has 1 aliphatic heterocycles. The van der Waals surface area contributed by atoms with Crippen LogP contribution in [0.25, 0.3) is 0 Å². The van der Waals surface area contributed by atoms with Crippen molar-refractivity contribution in [3.63, 3.8) is 0 Å². The number of carbonyl (C=O) groups excluding carboxylic acids is 1. The van der Waals surface area contributed by atoms with Crippen LogP contribution in [0.4, 0.5) is 4.79 Å². The molecule has 0 aliphatic carbocycles. The van der Waals surface area contributed by atoms with Gasteiger partial charge in [-0.05, 0) is 13.8 Å². The molecule has 24 heavy (non-hydrogen) atoms. The van der Waals surface area contributed by atoms with E-state index in [0.29, 0.717) is 26.2 Å². The summed E-state index contributed by atoms with van der Waals surface area (Å²) in [6, 6.07) is 0. The molecular formula is C14H26IN7O2. The van der Waals surface area contributed by atoms with Crippen LogP contribution in [0.2, 0.25) is 0 Å². The number of aromatic nitrogens is 3. The standard InChI is InChI=1S/C14H25N7O2.HI/c1-4-15-13(16-10-12-18-17-11-19(12)3)20-6-8-21(9-7-20)14(22)23-5-2;/h11H,4-10H2,1-3H3,(H,15,16);1H. The SMILES string of the molecule is CCNC(=NCc1nncn1C)N1CCN(C(=O)OCC)CC1.I. The van der Waals surface area contributed by atoms with Gasteiger partial charge in [0.05, 0.1) is 6.61 Å². The second kappa shape index (κ2) is 10.3. The number of piperazine rings is 1. The molecule has 2 rings (SSSR count). The first-order valence-electron chi connectivity index (χ1n) is 7.93. The molecule has 1 aliphatic rings. The lowest BCUT2D eigenvalue weighted by atomic mass is 10.3. The third-order valence-electron chi connectivity index (χ3n) is 3.62. The van der Waals surface area contributed by atoms with Gasteiger partial charge < -0.3 is 24.4 Å². The molecule has 9 nitrogen and oxygen atoms in total. The Kier molecular flexibility index (Phi) is 8.79. The van der Waals surface area contributed by atoms with Crippen LogP contribution in [0, 0.1) is 0 Å². The predicted molar refractivity (Wildman–Crippen MR) is 101 cm³/mol. The minimum Gasteiger partial charge on any atom is -0.450 e. The molecule has 10 heteroatoms. The van der Waals surface area contributed by atoms with E-state index >= 15 is 0 Å². The molecule has 0 saturated carbocycles. The zero-order chi connectivity index (χ0) is 16.7. The number of halogens is 1. The van der Waals surface area contributed by atoms with E-state index in [1.165, 1.54) is 0 Å². The molecule has 0 unspecified atom stereocenters. The maximum absolute atomic E-state index is 11.7. The number of amides is 1. The first kappa shape index (κ1) is 20.5. The molecule has 1 N–H and O–H groups in total. The Morgan fingerprint density at radius 2 is 1.96 bits per heavy atom. The van der Waals surface area contributed by atoms with Gasteiger partial charge in [0.1, 0.15) is 12.9 Å². The van der Waals surface area contributed by atoms with Crippen molar-refractivity contribution in [3.8, 4) is 0 Å². The second-order valence-corrected chi connectivity index (χ2v) is 5.20. The van der Waals surface area contributed by atoms with Gasteiger partial charge in [-0.2, -0.15) is 0 Å². The van der Waals surface area contributed by atoms with Crippen LogP contribution < -0.4 is 5.32 Å². The molecule has 0 bridgehead atoms. The Bertz CT molecular complexity index is 541. The van der Waals surface area contributed by atoms with Crippen molar-refractivity contribution in [2.75, 3.05) is 39.3 Å². The summed E-state index contributed by atoms with van der Waals surface area (Å²) in [4.78, 5) is 20.2. The first-order chi connectivity index (χ1) is 11.2. The minimum absolute atomic E-state index is 0. The van der Waals surface area contributed by atoms with Crippen molar-refractivity contribution in [2.24, 2.45) is 12.0 Å². The number of aryl methyl sites for hydroxylation is 1. The number of rotatable bonds is 4. The second-order valence-electron chi connectivity index (χ2n) is 5.20. The van der Waals surface area contributed by atoms with E-state index in [9.17, 15) is 4.79 Å². The Morgan fingerprint density at radius 1 is 1.29 bits per heavy atom. The van der Waals surface area contributed by atoms with Crippen LogP contribution in [-0.4, -0.2) is 75.9 Å². The fourth-order valence-electron chi connectivity index (χ4n) is 2.34. The van der Waals surface area contributed by atoms with Crippen LogP contribution in [-0.2, 0) is 18.3 Å². The fourth-order valence-corrected chi connectivity index (χ4v) is 2.34. The highest BCUT2D eigenvalue weighted by Gasteiger charge is 2.23. The molecule has 1 aromatic rings. The largest absolute Gasteiger partial charge is 0.450 e. The molecular weight excluding hydrogens is 425 g/mol. The molecule has 0 aromatic carbocycles. The third kappa shape index (κ3) is 5.49. The zero-order valence-corrected chi connectivity index (χ0v) is 16.8. The fraction of sp³-hybridized carbons (Fsp3) is 0.714. The normalized spacial score (nSPS) is 15.0. The smallest absolute Gasteiger partial charge is 0.409 e. The average molecular weight is 451 g/mol. The summed E-state index contributed by atoms with van der Waals surface area (Å²) < 4.78 is 6.89. The van der Waals surface area contributed by atoms with Crippen molar-refractivity contribution in [3.05, 3.63) is 12.2 Å². The number of ether oxygens (including phenoxy) is 1. The number of aliphatic imine (C=N–C) groups is 1. The molecule has 136 valence electrons. The Labute approximate surface area is 159 Å². The summed E-state index contributed by atoms with van der Waals surface area (Å²) in [7, 11) is 1.90. The van der Waals surface area contributed by atoms with Gasteiger partial charge in [-0.15, -0.1) is 34.2 Å². The predicted octanol–water partition coefficient (Wildman–Crippen LogP) is 0.673. The zero-order valence-electron chi connectivity index (χ0n) is 14.4. The highest BCUT2D eigenvalue weighted by Crippen LogP contribution is 2.05. The summed E-state index contributed by atoms with van der Waals surface area (Å²) in [6.07, 6.45) is 1.42. The lowest BCUT2D eigenvalue weighted by molar-refractivity contribution is 0.0914. The number of hydrogen-bond donors (Lipinski definition) is 1. The first-order valence-corrected chi connectivity index (χ1v) is 7.93. The van der Waals surface area contributed by atoms with Crippen LogP contribution in [0.1, 0.15) is 19.7 Å². The Balaban J connectivity index is 0.00000288. The number of carbonyl (C=O) groups is 1. The van der Waals surface area contributed by atoms with E-state index in [1.54, 1.807) is 11.2 Å². The van der Waals surface area contributed by atoms with E-state index in [0.717, 1.165) is 31.4 Å². The number of hydrogen-bond acceptors (Lipinski definition) is 5. The van der Waals surface area contributed by atoms with E-state index in [1.807, 2.05) is 25.5 Å². The van der Waals surface area contributed by atoms with E-state index in [2.05, 4.69) is 25.4 Å². The third-order valence-corrected chi connectivity index (χ3v) is 3.62. The molecule has 2 heterocycles. The number of nitrogens with one attached hydrogen (secondary N) is 1. The lowest BCUT2D eigenvalue weighted by Gasteiger charge is -2.35. The molecule has 0 spiro atoms. The topological polar surface area (TPSA) is 87.9 Å². The maximum atomic E-state index is 11.7. The molecule has 1 fully saturated rings. The maximum Gasteiger partial charge on any atom is 0.409 e. The van der Waals surface area contributed by atoms with Gasteiger partial charge >= 0.3 is 6.09 Å². The van der Waals surface area contributed by atoms with Gasteiger partial charge in [-0.1, -0.05) is 0 Å². The quantitative estimate of drug-likeness (QED) is 0.412. The van der Waals surface area contributed by atoms with Gasteiger partial charge in [0.25, 0.3) is 0 Å². The summed E-state index contributed by atoms with van der Waals surface area (Å²) in [5.41, 5.74) is 0. The molecule has 1 saturated heterocycles. The van der Waals surface area contributed by atoms with Crippen LogP contribution in [0.5, 0.6) is 0 Å². The van der Waals surface area contributed by atoms with Crippen molar-refractivity contribution in [1.82, 2.24) is 29.9 Å². The van der Waals surface area contributed by atoms with Crippen LogP contribution in [0.15, 0.2) is 11.3 Å². The van der Waals surface area contributed by atoms with Gasteiger partial charge in [-0.3, -0.25) is 0 Å².